The van der Waals surface area contributed by atoms with Gasteiger partial charge in [0.2, 0.25) is 5.91 Å². The Morgan fingerprint density at radius 2 is 1.84 bits per heavy atom. The van der Waals surface area contributed by atoms with Crippen LogP contribution in [0.15, 0.2) is 47.4 Å². The average molecular weight is 382 g/mol. The third-order valence-corrected chi connectivity index (χ3v) is 6.00. The van der Waals surface area contributed by atoms with Gasteiger partial charge < -0.3 is 5.32 Å². The zero-order valence-electron chi connectivity index (χ0n) is 12.8. The third kappa shape index (κ3) is 3.57. The molecule has 0 fully saturated rings. The molecular weight excluding hydrogens is 369 g/mol. The normalized spacial score (nSPS) is 19.0. The number of hydrogen-bond acceptors (Lipinski definition) is 4. The summed E-state index contributed by atoms with van der Waals surface area (Å²) in [6.07, 6.45) is -0.138. The summed E-state index contributed by atoms with van der Waals surface area (Å²) in [6.45, 7) is 0. The maximum absolute atomic E-state index is 12.9. The van der Waals surface area contributed by atoms with E-state index in [0.717, 1.165) is 0 Å². The maximum Gasteiger partial charge on any atom is 0.235 e. The molecule has 0 spiro atoms. The van der Waals surface area contributed by atoms with E-state index in [-0.39, 0.29) is 27.7 Å². The summed E-state index contributed by atoms with van der Waals surface area (Å²) < 4.78 is 37.6. The van der Waals surface area contributed by atoms with Gasteiger partial charge >= 0.3 is 0 Å². The quantitative estimate of drug-likeness (QED) is 0.810. The number of Topliss-reactive ketones (excluding diaryl/α,β-unsaturated/α-hetero) is 1. The molecule has 3 rings (SSSR count). The average Bonchev–Trinajstić information content (AvgIpc) is 2.65. The lowest BCUT2D eigenvalue weighted by atomic mass is 9.94. The fraction of sp³-hybridized carbons (Fsp3) is 0.176. The lowest BCUT2D eigenvalue weighted by Crippen LogP contribution is -2.30. The van der Waals surface area contributed by atoms with Crippen molar-refractivity contribution in [2.45, 2.75) is 11.3 Å². The minimum absolute atomic E-state index is 0.0794. The van der Waals surface area contributed by atoms with Crippen molar-refractivity contribution < 1.29 is 22.4 Å². The summed E-state index contributed by atoms with van der Waals surface area (Å²) in [7, 11) is -3.68. The third-order valence-electron chi connectivity index (χ3n) is 3.96. The summed E-state index contributed by atoms with van der Waals surface area (Å²) in [6, 6.07) is 9.00. The van der Waals surface area contributed by atoms with Crippen LogP contribution in [0.4, 0.5) is 10.1 Å². The largest absolute Gasteiger partial charge is 0.325 e. The van der Waals surface area contributed by atoms with Crippen LogP contribution in [0.1, 0.15) is 16.8 Å². The van der Waals surface area contributed by atoms with Crippen molar-refractivity contribution in [3.63, 3.8) is 0 Å². The molecule has 1 N–H and O–H groups in total. The summed E-state index contributed by atoms with van der Waals surface area (Å²) in [4.78, 5) is 25.1. The highest BCUT2D eigenvalue weighted by atomic mass is 35.5. The minimum Gasteiger partial charge on any atom is -0.325 e. The second-order valence-electron chi connectivity index (χ2n) is 5.66. The second kappa shape index (κ2) is 6.57. The zero-order valence-corrected chi connectivity index (χ0v) is 14.4. The molecule has 1 unspecified atom stereocenters. The van der Waals surface area contributed by atoms with E-state index in [1.165, 1.54) is 42.5 Å². The molecule has 0 radical (unpaired) electrons. The first-order chi connectivity index (χ1) is 11.8. The van der Waals surface area contributed by atoms with E-state index < -0.39 is 33.3 Å². The van der Waals surface area contributed by atoms with Crippen LogP contribution in [0.2, 0.25) is 5.02 Å². The topological polar surface area (TPSA) is 80.3 Å². The van der Waals surface area contributed by atoms with Crippen LogP contribution in [-0.4, -0.2) is 25.9 Å². The van der Waals surface area contributed by atoms with Crippen LogP contribution >= 0.6 is 11.6 Å². The summed E-state index contributed by atoms with van der Waals surface area (Å²) in [5, 5.41) is 2.73. The Bertz CT molecular complexity index is 957. The van der Waals surface area contributed by atoms with Crippen molar-refractivity contribution in [3.05, 3.63) is 58.9 Å². The van der Waals surface area contributed by atoms with Crippen molar-refractivity contribution in [1.82, 2.24) is 0 Å². The van der Waals surface area contributed by atoms with Crippen LogP contribution in [0, 0.1) is 11.7 Å². The molecule has 2 aromatic rings. The molecule has 0 saturated carbocycles. The number of halogens is 2. The molecule has 1 amide bonds. The molecule has 1 atom stereocenters. The van der Waals surface area contributed by atoms with Crippen molar-refractivity contribution >= 4 is 38.8 Å². The smallest absolute Gasteiger partial charge is 0.235 e. The lowest BCUT2D eigenvalue weighted by Gasteiger charge is -2.13. The van der Waals surface area contributed by atoms with Crippen molar-refractivity contribution in [2.75, 3.05) is 11.1 Å². The second-order valence-corrected chi connectivity index (χ2v) is 8.18. The van der Waals surface area contributed by atoms with Crippen molar-refractivity contribution in [3.8, 4) is 0 Å². The molecule has 0 saturated heterocycles. The first-order valence-electron chi connectivity index (χ1n) is 7.41. The summed E-state index contributed by atoms with van der Waals surface area (Å²) in [5.41, 5.74) is 0.238. The molecule has 130 valence electrons. The SMILES string of the molecule is O=C(Nc1ccc(F)cc1)C1CCS(=O)(=O)c2ccc(Cl)cc2C1=O. The van der Waals surface area contributed by atoms with Crippen LogP contribution in [0.5, 0.6) is 0 Å². The van der Waals surface area contributed by atoms with Gasteiger partial charge in [0.15, 0.2) is 15.6 Å². The molecule has 8 heteroatoms. The number of benzene rings is 2. The zero-order chi connectivity index (χ0) is 18.2. The van der Waals surface area contributed by atoms with Gasteiger partial charge in [-0.15, -0.1) is 0 Å². The predicted molar refractivity (Wildman–Crippen MR) is 91.0 cm³/mol. The van der Waals surface area contributed by atoms with Crippen LogP contribution in [0.3, 0.4) is 0 Å². The lowest BCUT2D eigenvalue weighted by molar-refractivity contribution is -0.118. The summed E-state index contributed by atoms with van der Waals surface area (Å²) >= 11 is 5.88. The number of carbonyl (C=O) groups is 2. The van der Waals surface area contributed by atoms with Crippen molar-refractivity contribution in [1.29, 1.82) is 0 Å². The Kier molecular flexibility index (Phi) is 4.62. The van der Waals surface area contributed by atoms with Gasteiger partial charge in [-0.2, -0.15) is 0 Å². The van der Waals surface area contributed by atoms with Crippen LogP contribution < -0.4 is 5.32 Å². The van der Waals surface area contributed by atoms with Crippen LogP contribution in [0.25, 0.3) is 0 Å². The molecule has 1 heterocycles. The van der Waals surface area contributed by atoms with Gasteiger partial charge in [0.1, 0.15) is 11.7 Å². The molecule has 1 aliphatic heterocycles. The van der Waals surface area contributed by atoms with Gasteiger partial charge in [-0.1, -0.05) is 11.6 Å². The van der Waals surface area contributed by atoms with E-state index in [1.54, 1.807) is 0 Å². The fourth-order valence-corrected chi connectivity index (χ4v) is 4.39. The van der Waals surface area contributed by atoms with E-state index in [0.29, 0.717) is 5.69 Å². The van der Waals surface area contributed by atoms with Gasteiger partial charge in [0.05, 0.1) is 10.6 Å². The first-order valence-corrected chi connectivity index (χ1v) is 9.44. The predicted octanol–water partition coefficient (Wildman–Crippen LogP) is 3.09. The van der Waals surface area contributed by atoms with E-state index >= 15 is 0 Å². The Hall–Kier alpha value is -2.25. The van der Waals surface area contributed by atoms with Crippen LogP contribution in [-0.2, 0) is 14.6 Å². The highest BCUT2D eigenvalue weighted by molar-refractivity contribution is 7.91. The number of sulfone groups is 1. The highest BCUT2D eigenvalue weighted by Crippen LogP contribution is 2.30. The van der Waals surface area contributed by atoms with Gasteiger partial charge in [-0.05, 0) is 48.9 Å². The summed E-state index contributed by atoms with van der Waals surface area (Å²) in [5.74, 6) is -3.19. The van der Waals surface area contributed by atoms with E-state index in [1.807, 2.05) is 0 Å². The van der Waals surface area contributed by atoms with Gasteiger partial charge in [0.25, 0.3) is 0 Å². The van der Waals surface area contributed by atoms with E-state index in [4.69, 9.17) is 11.6 Å². The molecule has 0 aliphatic carbocycles. The maximum atomic E-state index is 12.9. The van der Waals surface area contributed by atoms with E-state index in [2.05, 4.69) is 5.32 Å². The monoisotopic (exact) mass is 381 g/mol. The number of nitrogens with one attached hydrogen (secondary N) is 1. The Labute approximate surface area is 148 Å². The van der Waals surface area contributed by atoms with E-state index in [9.17, 15) is 22.4 Å². The number of fused-ring (bicyclic) bond motifs is 1. The number of ketones is 1. The molecule has 2 aromatic carbocycles. The Morgan fingerprint density at radius 1 is 1.16 bits per heavy atom. The Balaban J connectivity index is 1.94. The highest BCUT2D eigenvalue weighted by Gasteiger charge is 2.36. The minimum atomic E-state index is -3.68. The Morgan fingerprint density at radius 3 is 2.52 bits per heavy atom. The molecule has 1 aliphatic rings. The number of hydrogen-bond donors (Lipinski definition) is 1. The molecule has 5 nitrogen and oxygen atoms in total. The molecular formula is C17H13ClFNO4S. The number of carbonyl (C=O) groups excluding carboxylic acids is 2. The standard InChI is InChI=1S/C17H13ClFNO4S/c18-10-1-6-15-14(9-10)16(21)13(7-8-25(15,23)24)17(22)20-12-4-2-11(19)3-5-12/h1-6,9,13H,7-8H2,(H,20,22). The first kappa shape index (κ1) is 17.6. The van der Waals surface area contributed by atoms with Gasteiger partial charge in [0, 0.05) is 16.3 Å². The fourth-order valence-electron chi connectivity index (χ4n) is 2.68. The molecule has 0 bridgehead atoms. The van der Waals surface area contributed by atoms with Gasteiger partial charge in [-0.25, -0.2) is 12.8 Å². The number of rotatable bonds is 2. The molecule has 25 heavy (non-hydrogen) atoms. The van der Waals surface area contributed by atoms with Crippen molar-refractivity contribution in [2.24, 2.45) is 5.92 Å². The number of amides is 1. The molecule has 0 aromatic heterocycles. The number of anilines is 1. The van der Waals surface area contributed by atoms with Gasteiger partial charge in [-0.3, -0.25) is 9.59 Å².